The smallest absolute Gasteiger partial charge is 0.306 e. The van der Waals surface area contributed by atoms with Crippen LogP contribution in [0.4, 0.5) is 0 Å². The van der Waals surface area contributed by atoms with Gasteiger partial charge < -0.3 is 4.18 Å². The van der Waals surface area contributed by atoms with Crippen molar-refractivity contribution in [3.8, 4) is 11.8 Å². The molecule has 0 spiro atoms. The van der Waals surface area contributed by atoms with Crippen molar-refractivity contribution in [2.75, 3.05) is 6.26 Å². The molecule has 1 aliphatic carbocycles. The quantitative estimate of drug-likeness (QED) is 0.779. The fourth-order valence-corrected chi connectivity index (χ4v) is 3.48. The van der Waals surface area contributed by atoms with Crippen LogP contribution in [0, 0.1) is 17.2 Å². The van der Waals surface area contributed by atoms with Crippen molar-refractivity contribution >= 4 is 10.1 Å². The topological polar surface area (TPSA) is 67.2 Å². The first-order chi connectivity index (χ1) is 9.98. The van der Waals surface area contributed by atoms with E-state index in [1.807, 2.05) is 12.1 Å². The number of benzene rings is 1. The van der Waals surface area contributed by atoms with Crippen LogP contribution in [0.15, 0.2) is 24.3 Å². The largest absolute Gasteiger partial charge is 0.383 e. The van der Waals surface area contributed by atoms with Crippen molar-refractivity contribution in [1.29, 1.82) is 5.26 Å². The highest BCUT2D eigenvalue weighted by Crippen LogP contribution is 2.37. The summed E-state index contributed by atoms with van der Waals surface area (Å²) in [4.78, 5) is 0. The fourth-order valence-electron chi connectivity index (χ4n) is 3.02. The van der Waals surface area contributed by atoms with Gasteiger partial charge >= 0.3 is 10.1 Å². The molecule has 0 unspecified atom stereocenters. The summed E-state index contributed by atoms with van der Waals surface area (Å²) in [5.74, 6) is 1.59. The summed E-state index contributed by atoms with van der Waals surface area (Å²) in [6.07, 6.45) is 7.35. The molecule has 1 fully saturated rings. The Bertz CT molecular complexity index is 593. The SMILES string of the molecule is CS(=O)(=O)Oc1ccc([C@H]2CC[C@H](CCC#N)CC2)cc1. The second kappa shape index (κ2) is 6.95. The molecule has 0 bridgehead atoms. The Morgan fingerprint density at radius 3 is 2.33 bits per heavy atom. The predicted molar refractivity (Wildman–Crippen MR) is 81.5 cm³/mol. The Labute approximate surface area is 126 Å². The van der Waals surface area contributed by atoms with Gasteiger partial charge in [0.2, 0.25) is 0 Å². The maximum atomic E-state index is 11.1. The summed E-state index contributed by atoms with van der Waals surface area (Å²) < 4.78 is 27.0. The third kappa shape index (κ3) is 5.05. The highest BCUT2D eigenvalue weighted by Gasteiger charge is 2.22. The van der Waals surface area contributed by atoms with E-state index in [1.165, 1.54) is 18.4 Å². The third-order valence-electron chi connectivity index (χ3n) is 4.11. The van der Waals surface area contributed by atoms with Crippen molar-refractivity contribution in [3.63, 3.8) is 0 Å². The van der Waals surface area contributed by atoms with Gasteiger partial charge in [-0.25, -0.2) is 0 Å². The Hall–Kier alpha value is -1.54. The minimum Gasteiger partial charge on any atom is -0.383 e. The molecule has 4 nitrogen and oxygen atoms in total. The molecule has 0 heterocycles. The molecule has 5 heteroatoms. The Kier molecular flexibility index (Phi) is 5.24. The van der Waals surface area contributed by atoms with Crippen LogP contribution in [0.1, 0.15) is 50.0 Å². The van der Waals surface area contributed by atoms with Gasteiger partial charge in [0.1, 0.15) is 5.75 Å². The minimum atomic E-state index is -3.46. The summed E-state index contributed by atoms with van der Waals surface area (Å²) in [5.41, 5.74) is 1.24. The molecule has 0 radical (unpaired) electrons. The zero-order valence-corrected chi connectivity index (χ0v) is 13.1. The van der Waals surface area contributed by atoms with Gasteiger partial charge in [0.25, 0.3) is 0 Å². The van der Waals surface area contributed by atoms with E-state index in [9.17, 15) is 8.42 Å². The van der Waals surface area contributed by atoms with Crippen molar-refractivity contribution in [1.82, 2.24) is 0 Å². The van der Waals surface area contributed by atoms with E-state index in [-0.39, 0.29) is 0 Å². The second-order valence-electron chi connectivity index (χ2n) is 5.77. The van der Waals surface area contributed by atoms with Crippen molar-refractivity contribution in [3.05, 3.63) is 29.8 Å². The van der Waals surface area contributed by atoms with Crippen LogP contribution in [0.2, 0.25) is 0 Å². The van der Waals surface area contributed by atoms with Crippen molar-refractivity contribution in [2.24, 2.45) is 5.92 Å². The van der Waals surface area contributed by atoms with Gasteiger partial charge in [-0.05, 0) is 61.6 Å². The van der Waals surface area contributed by atoms with E-state index in [1.54, 1.807) is 12.1 Å². The molecule has 0 amide bonds. The van der Waals surface area contributed by atoms with Crippen LogP contribution in [0.3, 0.4) is 0 Å². The summed E-state index contributed by atoms with van der Waals surface area (Å²) in [5, 5.41) is 8.63. The van der Waals surface area contributed by atoms with Crippen LogP contribution < -0.4 is 4.18 Å². The lowest BCUT2D eigenvalue weighted by atomic mass is 9.77. The standard InChI is InChI=1S/C16H21NO3S/c1-21(18,19)20-16-10-8-15(9-11-16)14-6-4-13(5-7-14)3-2-12-17/h8-11,13-14H,2-7H2,1H3/t13-,14-. The summed E-state index contributed by atoms with van der Waals surface area (Å²) >= 11 is 0. The summed E-state index contributed by atoms with van der Waals surface area (Å²) in [6.45, 7) is 0. The highest BCUT2D eigenvalue weighted by atomic mass is 32.2. The van der Waals surface area contributed by atoms with Gasteiger partial charge in [0.05, 0.1) is 12.3 Å². The first-order valence-corrected chi connectivity index (χ1v) is 9.16. The molecule has 1 aromatic carbocycles. The number of rotatable bonds is 5. The fraction of sp³-hybridized carbons (Fsp3) is 0.562. The van der Waals surface area contributed by atoms with Crippen LogP contribution in [0.25, 0.3) is 0 Å². The highest BCUT2D eigenvalue weighted by molar-refractivity contribution is 7.86. The molecule has 1 saturated carbocycles. The monoisotopic (exact) mass is 307 g/mol. The molecule has 1 aliphatic rings. The van der Waals surface area contributed by atoms with Gasteiger partial charge in [0.15, 0.2) is 0 Å². The van der Waals surface area contributed by atoms with Crippen LogP contribution in [-0.4, -0.2) is 14.7 Å². The van der Waals surface area contributed by atoms with Gasteiger partial charge in [-0.1, -0.05) is 12.1 Å². The molecule has 0 N–H and O–H groups in total. The van der Waals surface area contributed by atoms with Crippen molar-refractivity contribution in [2.45, 2.75) is 44.4 Å². The molecular weight excluding hydrogens is 286 g/mol. The number of hydrogen-bond acceptors (Lipinski definition) is 4. The van der Waals surface area contributed by atoms with Crippen molar-refractivity contribution < 1.29 is 12.6 Å². The Morgan fingerprint density at radius 2 is 1.81 bits per heavy atom. The molecule has 0 atom stereocenters. The zero-order valence-electron chi connectivity index (χ0n) is 12.3. The Morgan fingerprint density at radius 1 is 1.19 bits per heavy atom. The second-order valence-corrected chi connectivity index (χ2v) is 7.35. The van der Waals surface area contributed by atoms with Crippen LogP contribution in [0.5, 0.6) is 5.75 Å². The number of nitrogens with zero attached hydrogens (tertiary/aromatic N) is 1. The molecule has 0 saturated heterocycles. The maximum absolute atomic E-state index is 11.1. The van der Waals surface area contributed by atoms with E-state index >= 15 is 0 Å². The normalized spacial score (nSPS) is 22.5. The van der Waals surface area contributed by atoms with Crippen LogP contribution in [-0.2, 0) is 10.1 Å². The molecule has 2 rings (SSSR count). The lowest BCUT2D eigenvalue weighted by molar-refractivity contribution is 0.312. The minimum absolute atomic E-state index is 0.365. The maximum Gasteiger partial charge on any atom is 0.306 e. The number of hydrogen-bond donors (Lipinski definition) is 0. The lowest BCUT2D eigenvalue weighted by Gasteiger charge is -2.28. The van der Waals surface area contributed by atoms with E-state index in [2.05, 4.69) is 6.07 Å². The van der Waals surface area contributed by atoms with E-state index in [4.69, 9.17) is 9.44 Å². The summed E-state index contributed by atoms with van der Waals surface area (Å²) in [6, 6.07) is 9.58. The number of nitriles is 1. The first-order valence-electron chi connectivity index (χ1n) is 7.34. The lowest BCUT2D eigenvalue weighted by Crippen LogP contribution is -2.13. The average Bonchev–Trinajstić information content (AvgIpc) is 2.45. The van der Waals surface area contributed by atoms with E-state index in [0.717, 1.165) is 25.5 Å². The van der Waals surface area contributed by atoms with Gasteiger partial charge in [-0.2, -0.15) is 13.7 Å². The van der Waals surface area contributed by atoms with E-state index in [0.29, 0.717) is 24.0 Å². The first kappa shape index (κ1) is 15.8. The van der Waals surface area contributed by atoms with Gasteiger partial charge in [-0.3, -0.25) is 0 Å². The summed E-state index contributed by atoms with van der Waals surface area (Å²) in [7, 11) is -3.46. The molecule has 21 heavy (non-hydrogen) atoms. The Balaban J connectivity index is 1.91. The zero-order chi connectivity index (χ0) is 15.3. The van der Waals surface area contributed by atoms with Crippen LogP contribution >= 0.6 is 0 Å². The molecule has 114 valence electrons. The molecular formula is C16H21NO3S. The third-order valence-corrected chi connectivity index (χ3v) is 4.61. The molecule has 0 aliphatic heterocycles. The molecule has 0 aromatic heterocycles. The van der Waals surface area contributed by atoms with Gasteiger partial charge in [0, 0.05) is 6.42 Å². The van der Waals surface area contributed by atoms with E-state index < -0.39 is 10.1 Å². The molecule has 1 aromatic rings. The predicted octanol–water partition coefficient (Wildman–Crippen LogP) is 3.60. The van der Waals surface area contributed by atoms with Gasteiger partial charge in [-0.15, -0.1) is 0 Å². The average molecular weight is 307 g/mol.